The van der Waals surface area contributed by atoms with Gasteiger partial charge in [-0.1, -0.05) is 24.3 Å². The first-order valence-corrected chi connectivity index (χ1v) is 8.14. The fraction of sp³-hybridized carbons (Fsp3) is 0.588. The minimum absolute atomic E-state index is 0.00304. The Hall–Kier alpha value is -1.55. The van der Waals surface area contributed by atoms with Crippen LogP contribution in [0.5, 0.6) is 0 Å². The highest BCUT2D eigenvalue weighted by molar-refractivity contribution is 5.75. The topological polar surface area (TPSA) is 53.2 Å². The summed E-state index contributed by atoms with van der Waals surface area (Å²) in [6, 6.07) is 9.26. The lowest BCUT2D eigenvalue weighted by molar-refractivity contribution is 0.231. The maximum Gasteiger partial charge on any atom is 0.315 e. The molecule has 3 aliphatic rings. The molecule has 112 valence electrons. The van der Waals surface area contributed by atoms with E-state index in [1.165, 1.54) is 24.0 Å². The summed E-state index contributed by atoms with van der Waals surface area (Å²) in [7, 11) is 0. The van der Waals surface area contributed by atoms with Gasteiger partial charge in [-0.15, -0.1) is 0 Å². The first-order chi connectivity index (χ1) is 10.3. The monoisotopic (exact) mass is 285 g/mol. The molecule has 4 nitrogen and oxygen atoms in total. The summed E-state index contributed by atoms with van der Waals surface area (Å²) in [5.41, 5.74) is 3.05. The first kappa shape index (κ1) is 13.1. The van der Waals surface area contributed by atoms with Crippen LogP contribution >= 0.6 is 0 Å². The number of carbonyl (C=O) groups is 1. The van der Waals surface area contributed by atoms with Crippen molar-refractivity contribution in [3.63, 3.8) is 0 Å². The molecule has 3 N–H and O–H groups in total. The van der Waals surface area contributed by atoms with Crippen molar-refractivity contribution in [1.29, 1.82) is 0 Å². The number of carbonyl (C=O) groups excluding carboxylic acids is 1. The van der Waals surface area contributed by atoms with Crippen molar-refractivity contribution in [2.45, 2.75) is 49.6 Å². The number of nitrogens with one attached hydrogen (secondary N) is 3. The van der Waals surface area contributed by atoms with Crippen molar-refractivity contribution in [2.24, 2.45) is 0 Å². The van der Waals surface area contributed by atoms with Crippen molar-refractivity contribution in [3.05, 3.63) is 35.4 Å². The molecule has 2 aliphatic carbocycles. The Morgan fingerprint density at radius 2 is 1.90 bits per heavy atom. The number of benzene rings is 1. The van der Waals surface area contributed by atoms with Gasteiger partial charge in [0.2, 0.25) is 0 Å². The summed E-state index contributed by atoms with van der Waals surface area (Å²) in [5, 5.41) is 9.71. The van der Waals surface area contributed by atoms with Gasteiger partial charge in [-0.3, -0.25) is 0 Å². The minimum atomic E-state index is 0.00304. The maximum absolute atomic E-state index is 12.1. The molecule has 1 unspecified atom stereocenters. The van der Waals surface area contributed by atoms with E-state index in [-0.39, 0.29) is 17.5 Å². The molecule has 2 fully saturated rings. The van der Waals surface area contributed by atoms with E-state index < -0.39 is 0 Å². The quantitative estimate of drug-likeness (QED) is 0.780. The van der Waals surface area contributed by atoms with Gasteiger partial charge in [-0.05, 0) is 56.3 Å². The van der Waals surface area contributed by atoms with Crippen LogP contribution in [0.15, 0.2) is 24.3 Å². The van der Waals surface area contributed by atoms with Crippen LogP contribution in [0.1, 0.15) is 49.3 Å². The molecule has 1 saturated carbocycles. The van der Waals surface area contributed by atoms with E-state index >= 15 is 0 Å². The van der Waals surface area contributed by atoms with Crippen molar-refractivity contribution >= 4 is 6.03 Å². The third-order valence-electron chi connectivity index (χ3n) is 5.28. The number of fused-ring (bicyclic) bond motifs is 2. The zero-order valence-corrected chi connectivity index (χ0v) is 12.3. The number of rotatable bonds is 2. The minimum Gasteiger partial charge on any atom is -0.335 e. The predicted molar refractivity (Wildman–Crippen MR) is 82.3 cm³/mol. The van der Waals surface area contributed by atoms with Crippen LogP contribution in [0.3, 0.4) is 0 Å². The van der Waals surface area contributed by atoms with E-state index in [0.717, 1.165) is 32.4 Å². The molecule has 1 heterocycles. The average molecular weight is 285 g/mol. The third kappa shape index (κ3) is 2.42. The summed E-state index contributed by atoms with van der Waals surface area (Å²) in [6.07, 6.45) is 5.65. The van der Waals surface area contributed by atoms with E-state index in [1.807, 2.05) is 0 Å². The summed E-state index contributed by atoms with van der Waals surface area (Å²) in [6.45, 7) is 2.16. The van der Waals surface area contributed by atoms with Crippen molar-refractivity contribution in [2.75, 3.05) is 13.1 Å². The molecule has 1 atom stereocenters. The second kappa shape index (κ2) is 5.02. The van der Waals surface area contributed by atoms with Gasteiger partial charge >= 0.3 is 6.03 Å². The number of piperidine rings is 1. The molecule has 1 spiro atoms. The Kier molecular flexibility index (Phi) is 3.14. The first-order valence-electron chi connectivity index (χ1n) is 8.14. The van der Waals surface area contributed by atoms with Gasteiger partial charge in [0, 0.05) is 11.5 Å². The molecule has 4 rings (SSSR count). The standard InChI is InChI=1S/C17H23N3O/c21-16(19-12-5-6-12)20-15-11-17(7-9-18-10-8-17)14-4-2-1-3-13(14)15/h1-4,12,15,18H,5-11H2,(H2,19,20,21). The normalized spacial score (nSPS) is 26.4. The number of amides is 2. The fourth-order valence-electron chi connectivity index (χ4n) is 4.02. The molecule has 0 bridgehead atoms. The van der Waals surface area contributed by atoms with Gasteiger partial charge in [-0.25, -0.2) is 4.79 Å². The van der Waals surface area contributed by atoms with Crippen LogP contribution < -0.4 is 16.0 Å². The lowest BCUT2D eigenvalue weighted by atomic mass is 9.74. The largest absolute Gasteiger partial charge is 0.335 e. The summed E-state index contributed by atoms with van der Waals surface area (Å²) in [5.74, 6) is 0. The van der Waals surface area contributed by atoms with Crippen LogP contribution in [0.2, 0.25) is 0 Å². The number of hydrogen-bond acceptors (Lipinski definition) is 2. The fourth-order valence-corrected chi connectivity index (χ4v) is 4.02. The highest BCUT2D eigenvalue weighted by Gasteiger charge is 2.44. The molecule has 21 heavy (non-hydrogen) atoms. The number of urea groups is 1. The molecule has 2 amide bonds. The average Bonchev–Trinajstić information content (AvgIpc) is 3.26. The Bertz CT molecular complexity index is 547. The van der Waals surface area contributed by atoms with Gasteiger partial charge < -0.3 is 16.0 Å². The SMILES string of the molecule is O=C(NC1CC1)NC1CC2(CCNCC2)c2ccccc21. The van der Waals surface area contributed by atoms with Crippen LogP contribution in [-0.4, -0.2) is 25.2 Å². The number of hydrogen-bond donors (Lipinski definition) is 3. The van der Waals surface area contributed by atoms with E-state index in [1.54, 1.807) is 0 Å². The van der Waals surface area contributed by atoms with Gasteiger partial charge in [0.15, 0.2) is 0 Å². The summed E-state index contributed by atoms with van der Waals surface area (Å²) >= 11 is 0. The van der Waals surface area contributed by atoms with Crippen molar-refractivity contribution < 1.29 is 4.79 Å². The van der Waals surface area contributed by atoms with Crippen molar-refractivity contribution in [3.8, 4) is 0 Å². The molecular formula is C17H23N3O. The van der Waals surface area contributed by atoms with Crippen LogP contribution in [0.25, 0.3) is 0 Å². The predicted octanol–water partition coefficient (Wildman–Crippen LogP) is 2.21. The Morgan fingerprint density at radius 1 is 1.14 bits per heavy atom. The molecule has 0 radical (unpaired) electrons. The molecule has 1 aromatic rings. The van der Waals surface area contributed by atoms with Crippen molar-refractivity contribution in [1.82, 2.24) is 16.0 Å². The third-order valence-corrected chi connectivity index (χ3v) is 5.28. The summed E-state index contributed by atoms with van der Waals surface area (Å²) < 4.78 is 0. The van der Waals surface area contributed by atoms with Gasteiger partial charge in [0.1, 0.15) is 0 Å². The summed E-state index contributed by atoms with van der Waals surface area (Å²) in [4.78, 5) is 12.1. The zero-order valence-electron chi connectivity index (χ0n) is 12.3. The Labute approximate surface area is 125 Å². The highest BCUT2D eigenvalue weighted by atomic mass is 16.2. The van der Waals surface area contributed by atoms with E-state index in [9.17, 15) is 4.79 Å². The molecule has 0 aromatic heterocycles. The maximum atomic E-state index is 12.1. The van der Waals surface area contributed by atoms with Crippen LogP contribution in [0.4, 0.5) is 4.79 Å². The van der Waals surface area contributed by atoms with E-state index in [4.69, 9.17) is 0 Å². The zero-order chi connectivity index (χ0) is 14.3. The smallest absolute Gasteiger partial charge is 0.315 e. The molecule has 1 aliphatic heterocycles. The second-order valence-electron chi connectivity index (χ2n) is 6.77. The Balaban J connectivity index is 1.56. The Morgan fingerprint density at radius 3 is 2.67 bits per heavy atom. The molecule has 1 saturated heterocycles. The lowest BCUT2D eigenvalue weighted by Crippen LogP contribution is -2.41. The van der Waals surface area contributed by atoms with Gasteiger partial charge in [0.05, 0.1) is 6.04 Å². The second-order valence-corrected chi connectivity index (χ2v) is 6.77. The molecule has 4 heteroatoms. The van der Waals surface area contributed by atoms with Gasteiger partial charge in [-0.2, -0.15) is 0 Å². The highest BCUT2D eigenvalue weighted by Crippen LogP contribution is 2.49. The van der Waals surface area contributed by atoms with Crippen LogP contribution in [-0.2, 0) is 5.41 Å². The van der Waals surface area contributed by atoms with Gasteiger partial charge in [0.25, 0.3) is 0 Å². The van der Waals surface area contributed by atoms with Crippen LogP contribution in [0, 0.1) is 0 Å². The molecular weight excluding hydrogens is 262 g/mol. The molecule has 1 aromatic carbocycles. The van der Waals surface area contributed by atoms with E-state index in [2.05, 4.69) is 40.2 Å². The van der Waals surface area contributed by atoms with E-state index in [0.29, 0.717) is 6.04 Å². The lowest BCUT2D eigenvalue weighted by Gasteiger charge is -2.35.